The van der Waals surface area contributed by atoms with E-state index in [0.29, 0.717) is 23.5 Å². The number of rotatable bonds is 0. The van der Waals surface area contributed by atoms with Gasteiger partial charge in [-0.05, 0) is 85.0 Å². The first kappa shape index (κ1) is 15.8. The molecule has 5 atom stereocenters. The Labute approximate surface area is 148 Å². The van der Waals surface area contributed by atoms with Crippen molar-refractivity contribution in [1.29, 1.82) is 0 Å². The molecule has 0 amide bonds. The summed E-state index contributed by atoms with van der Waals surface area (Å²) in [4.78, 5) is 0. The number of aryl methyl sites for hydroxylation is 1. The van der Waals surface area contributed by atoms with Crippen LogP contribution in [0.15, 0.2) is 16.5 Å². The van der Waals surface area contributed by atoms with Crippen molar-refractivity contribution in [2.45, 2.75) is 57.5 Å². The molecule has 1 N–H and O–H groups in total. The molecule has 0 spiro atoms. The van der Waals surface area contributed by atoms with E-state index in [2.05, 4.69) is 17.4 Å². The quantitative estimate of drug-likeness (QED) is 0.771. The zero-order valence-electron chi connectivity index (χ0n) is 14.3. The first-order chi connectivity index (χ1) is 11.9. The summed E-state index contributed by atoms with van der Waals surface area (Å²) in [7, 11) is -3.83. The van der Waals surface area contributed by atoms with Crippen LogP contribution in [-0.4, -0.2) is 25.8 Å². The molecule has 1 aliphatic heterocycles. The number of hydrogen-bond donors (Lipinski definition) is 1. The van der Waals surface area contributed by atoms with Crippen LogP contribution < -0.4 is 4.18 Å². The number of aliphatic hydroxyl groups is 1. The van der Waals surface area contributed by atoms with E-state index < -0.39 is 10.3 Å². The molecular weight excluding hydrogens is 338 g/mol. The Bertz CT molecular complexity index is 878. The van der Waals surface area contributed by atoms with E-state index in [0.717, 1.165) is 44.1 Å². The van der Waals surface area contributed by atoms with Crippen LogP contribution in [0, 0.1) is 17.3 Å². The maximum absolute atomic E-state index is 11.6. The molecule has 0 unspecified atom stereocenters. The fraction of sp³-hybridized carbons (Fsp3) is 0.632. The molecule has 5 rings (SSSR count). The SMILES string of the molecule is C[C@]12CC[C@@H]3c4cc5c(cc4CC[C@H]3[C@@H]1CC[C@H]2O)OS(=O)(=O)N=C5. The Kier molecular flexibility index (Phi) is 3.21. The van der Waals surface area contributed by atoms with Gasteiger partial charge in [-0.15, -0.1) is 4.40 Å². The maximum Gasteiger partial charge on any atom is 0.428 e. The van der Waals surface area contributed by atoms with Crippen molar-refractivity contribution in [2.24, 2.45) is 21.6 Å². The molecule has 6 heteroatoms. The lowest BCUT2D eigenvalue weighted by atomic mass is 9.55. The second kappa shape index (κ2) is 5.07. The lowest BCUT2D eigenvalue weighted by molar-refractivity contribution is -0.0226. The van der Waals surface area contributed by atoms with Crippen LogP contribution in [0.4, 0.5) is 0 Å². The predicted molar refractivity (Wildman–Crippen MR) is 94.2 cm³/mol. The van der Waals surface area contributed by atoms with Crippen molar-refractivity contribution in [2.75, 3.05) is 0 Å². The maximum atomic E-state index is 11.6. The van der Waals surface area contributed by atoms with E-state index in [-0.39, 0.29) is 11.5 Å². The summed E-state index contributed by atoms with van der Waals surface area (Å²) in [5.41, 5.74) is 3.39. The molecular formula is C19H23NO4S. The van der Waals surface area contributed by atoms with Gasteiger partial charge < -0.3 is 9.29 Å². The van der Waals surface area contributed by atoms with E-state index in [9.17, 15) is 13.5 Å². The zero-order chi connectivity index (χ0) is 17.4. The topological polar surface area (TPSA) is 76.0 Å². The van der Waals surface area contributed by atoms with Crippen molar-refractivity contribution in [1.82, 2.24) is 0 Å². The van der Waals surface area contributed by atoms with E-state index in [1.54, 1.807) is 0 Å². The number of aliphatic hydroxyl groups excluding tert-OH is 1. The molecule has 1 heterocycles. The molecule has 1 aromatic carbocycles. The summed E-state index contributed by atoms with van der Waals surface area (Å²) in [5, 5.41) is 10.5. The molecule has 0 saturated heterocycles. The third-order valence-electron chi connectivity index (χ3n) is 7.32. The minimum Gasteiger partial charge on any atom is -0.393 e. The summed E-state index contributed by atoms with van der Waals surface area (Å²) in [5.74, 6) is 2.12. The molecule has 2 saturated carbocycles. The molecule has 25 heavy (non-hydrogen) atoms. The minimum atomic E-state index is -3.83. The van der Waals surface area contributed by atoms with Crippen LogP contribution in [0.3, 0.4) is 0 Å². The highest BCUT2D eigenvalue weighted by molar-refractivity contribution is 7.86. The molecule has 0 radical (unpaired) electrons. The molecule has 4 aliphatic rings. The zero-order valence-corrected chi connectivity index (χ0v) is 15.1. The van der Waals surface area contributed by atoms with Crippen molar-refractivity contribution >= 4 is 16.5 Å². The first-order valence-corrected chi connectivity index (χ1v) is 10.6. The summed E-state index contributed by atoms with van der Waals surface area (Å²) in [6.07, 6.45) is 7.53. The standard InChI is InChI=1S/C19H23NO4S/c1-19-7-6-13-14(16(19)4-5-18(19)21)3-2-11-9-17-12(8-15(11)13)10-20-25(22,23)24-17/h8-10,13-14,16,18,21H,2-7H2,1H3/t13-,14+,16-,18+,19-/m0/s1. The Balaban J connectivity index is 1.55. The molecule has 134 valence electrons. The van der Waals surface area contributed by atoms with Crippen molar-refractivity contribution < 1.29 is 17.7 Å². The van der Waals surface area contributed by atoms with Gasteiger partial charge in [-0.3, -0.25) is 0 Å². The van der Waals surface area contributed by atoms with Crippen LogP contribution in [0.2, 0.25) is 0 Å². The van der Waals surface area contributed by atoms with E-state index in [4.69, 9.17) is 4.18 Å². The van der Waals surface area contributed by atoms with E-state index >= 15 is 0 Å². The van der Waals surface area contributed by atoms with Crippen LogP contribution >= 0.6 is 0 Å². The fourth-order valence-electron chi connectivity index (χ4n) is 6.02. The van der Waals surface area contributed by atoms with Gasteiger partial charge in [0.25, 0.3) is 0 Å². The van der Waals surface area contributed by atoms with Crippen molar-refractivity contribution in [3.8, 4) is 5.75 Å². The lowest BCUT2D eigenvalue weighted by Crippen LogP contribution is -2.44. The highest BCUT2D eigenvalue weighted by Gasteiger charge is 2.54. The van der Waals surface area contributed by atoms with E-state index in [1.165, 1.54) is 17.3 Å². The van der Waals surface area contributed by atoms with Gasteiger partial charge in [-0.25, -0.2) is 0 Å². The van der Waals surface area contributed by atoms with Crippen molar-refractivity contribution in [3.63, 3.8) is 0 Å². The van der Waals surface area contributed by atoms with Gasteiger partial charge in [0, 0.05) is 5.56 Å². The van der Waals surface area contributed by atoms with Gasteiger partial charge in [0.2, 0.25) is 0 Å². The number of fused-ring (bicyclic) bond motifs is 6. The Morgan fingerprint density at radius 2 is 2.08 bits per heavy atom. The second-order valence-corrected chi connectivity index (χ2v) is 9.62. The molecule has 5 nitrogen and oxygen atoms in total. The lowest BCUT2D eigenvalue weighted by Gasteiger charge is -2.50. The van der Waals surface area contributed by atoms with Crippen LogP contribution in [0.5, 0.6) is 5.75 Å². The molecule has 0 aromatic heterocycles. The van der Waals surface area contributed by atoms with Crippen LogP contribution in [-0.2, 0) is 16.7 Å². The average molecular weight is 361 g/mol. The summed E-state index contributed by atoms with van der Waals surface area (Å²) in [6.45, 7) is 2.28. The third-order valence-corrected chi connectivity index (χ3v) is 8.07. The monoisotopic (exact) mass is 361 g/mol. The largest absolute Gasteiger partial charge is 0.428 e. The minimum absolute atomic E-state index is 0.0749. The first-order valence-electron chi connectivity index (χ1n) is 9.22. The normalized spacial score (nSPS) is 40.4. The van der Waals surface area contributed by atoms with Crippen molar-refractivity contribution in [3.05, 3.63) is 28.8 Å². The molecule has 3 aliphatic carbocycles. The number of hydrogen-bond acceptors (Lipinski definition) is 4. The highest BCUT2D eigenvalue weighted by atomic mass is 32.2. The number of benzene rings is 1. The average Bonchev–Trinajstić information content (AvgIpc) is 2.87. The summed E-state index contributed by atoms with van der Waals surface area (Å²) >= 11 is 0. The third kappa shape index (κ3) is 2.23. The van der Waals surface area contributed by atoms with Gasteiger partial charge in [0.1, 0.15) is 0 Å². The van der Waals surface area contributed by atoms with Gasteiger partial charge in [0.15, 0.2) is 5.75 Å². The smallest absolute Gasteiger partial charge is 0.393 e. The Hall–Kier alpha value is -1.40. The van der Waals surface area contributed by atoms with Gasteiger partial charge in [-0.2, -0.15) is 8.42 Å². The summed E-state index contributed by atoms with van der Waals surface area (Å²) < 4.78 is 31.7. The number of nitrogens with zero attached hydrogens (tertiary/aromatic N) is 1. The fourth-order valence-corrected chi connectivity index (χ4v) is 6.68. The van der Waals surface area contributed by atoms with Gasteiger partial charge >= 0.3 is 10.3 Å². The van der Waals surface area contributed by atoms with E-state index in [1.807, 2.05) is 6.07 Å². The van der Waals surface area contributed by atoms with Crippen LogP contribution in [0.25, 0.3) is 0 Å². The molecule has 2 fully saturated rings. The van der Waals surface area contributed by atoms with Gasteiger partial charge in [0.05, 0.1) is 12.3 Å². The molecule has 0 bridgehead atoms. The Morgan fingerprint density at radius 3 is 2.92 bits per heavy atom. The second-order valence-electron chi connectivity index (χ2n) is 8.39. The Morgan fingerprint density at radius 1 is 1.24 bits per heavy atom. The van der Waals surface area contributed by atoms with Crippen LogP contribution in [0.1, 0.15) is 61.6 Å². The molecule has 1 aromatic rings. The highest BCUT2D eigenvalue weighted by Crippen LogP contribution is 2.61. The van der Waals surface area contributed by atoms with Gasteiger partial charge in [-0.1, -0.05) is 6.92 Å². The predicted octanol–water partition coefficient (Wildman–Crippen LogP) is 2.96. The summed E-state index contributed by atoms with van der Waals surface area (Å²) in [6, 6.07) is 3.99.